The van der Waals surface area contributed by atoms with E-state index in [-0.39, 0.29) is 5.69 Å². The Labute approximate surface area is 66.3 Å². The molecule has 1 aromatic rings. The van der Waals surface area contributed by atoms with Crippen LogP contribution in [-0.2, 0) is 0 Å². The van der Waals surface area contributed by atoms with Gasteiger partial charge in [-0.25, -0.2) is 8.78 Å². The van der Waals surface area contributed by atoms with Gasteiger partial charge in [-0.3, -0.25) is 4.79 Å². The van der Waals surface area contributed by atoms with Crippen molar-refractivity contribution in [3.8, 4) is 6.07 Å². The molecule has 1 rings (SSSR count). The topological polar surface area (TPSA) is 56.6 Å². The Hall–Kier alpha value is -1.70. The molecule has 5 heteroatoms. The summed E-state index contributed by atoms with van der Waals surface area (Å²) in [4.78, 5) is 13.1. The molecule has 0 aliphatic heterocycles. The normalized spacial score (nSPS) is 9.83. The van der Waals surface area contributed by atoms with E-state index in [4.69, 9.17) is 5.26 Å². The van der Waals surface area contributed by atoms with Gasteiger partial charge in [-0.2, -0.15) is 5.26 Å². The highest BCUT2D eigenvalue weighted by Crippen LogP contribution is 2.16. The quantitative estimate of drug-likeness (QED) is 0.688. The molecular weight excluding hydrogens is 166 g/mol. The third-order valence-corrected chi connectivity index (χ3v) is 1.33. The third kappa shape index (κ3) is 1.32. The van der Waals surface area contributed by atoms with Crippen molar-refractivity contribution in [2.45, 2.75) is 6.43 Å². The number of nitrogens with one attached hydrogen (secondary N) is 1. The van der Waals surface area contributed by atoms with E-state index in [0.29, 0.717) is 0 Å². The number of H-pyrrole nitrogens is 1. The standard InChI is InChI=1S/C7H4F2N2O/c8-7(9)6-4(3-10)11-2-1-5(6)12/h1-2,7H,(H,11,12). The number of rotatable bonds is 1. The van der Waals surface area contributed by atoms with Crippen molar-refractivity contribution in [2.75, 3.05) is 0 Å². The molecule has 3 nitrogen and oxygen atoms in total. The van der Waals surface area contributed by atoms with E-state index < -0.39 is 17.4 Å². The molecule has 0 radical (unpaired) electrons. The van der Waals surface area contributed by atoms with E-state index in [0.717, 1.165) is 12.3 Å². The maximum atomic E-state index is 12.1. The predicted octanol–water partition coefficient (Wildman–Crippen LogP) is 1.18. The molecule has 0 unspecified atom stereocenters. The van der Waals surface area contributed by atoms with Crippen LogP contribution in [0.3, 0.4) is 0 Å². The van der Waals surface area contributed by atoms with Crippen LogP contribution in [0.5, 0.6) is 0 Å². The van der Waals surface area contributed by atoms with Crippen molar-refractivity contribution in [2.24, 2.45) is 0 Å². The van der Waals surface area contributed by atoms with Crippen LogP contribution in [0.25, 0.3) is 0 Å². The average Bonchev–Trinajstić information content (AvgIpc) is 2.03. The molecule has 12 heavy (non-hydrogen) atoms. The summed E-state index contributed by atoms with van der Waals surface area (Å²) in [5, 5.41) is 8.34. The van der Waals surface area contributed by atoms with Crippen LogP contribution in [0.15, 0.2) is 17.1 Å². The molecule has 0 aliphatic carbocycles. The maximum absolute atomic E-state index is 12.1. The Morgan fingerprint density at radius 2 is 2.25 bits per heavy atom. The summed E-state index contributed by atoms with van der Waals surface area (Å²) < 4.78 is 24.2. The summed E-state index contributed by atoms with van der Waals surface area (Å²) in [6.45, 7) is 0. The summed E-state index contributed by atoms with van der Waals surface area (Å²) in [5.41, 5.74) is -1.96. The lowest BCUT2D eigenvalue weighted by atomic mass is 10.2. The van der Waals surface area contributed by atoms with Crippen LogP contribution >= 0.6 is 0 Å². The molecule has 0 bridgehead atoms. The van der Waals surface area contributed by atoms with Gasteiger partial charge in [-0.05, 0) is 0 Å². The summed E-state index contributed by atoms with van der Waals surface area (Å²) in [5.74, 6) is 0. The van der Waals surface area contributed by atoms with Gasteiger partial charge in [0.15, 0.2) is 5.43 Å². The minimum Gasteiger partial charge on any atom is -0.352 e. The molecular formula is C7H4F2N2O. The van der Waals surface area contributed by atoms with Gasteiger partial charge in [0.25, 0.3) is 6.43 Å². The Morgan fingerprint density at radius 1 is 1.58 bits per heavy atom. The van der Waals surface area contributed by atoms with Gasteiger partial charge >= 0.3 is 0 Å². The molecule has 1 heterocycles. The second-order valence-electron chi connectivity index (χ2n) is 2.04. The fraction of sp³-hybridized carbons (Fsp3) is 0.143. The molecule has 1 N–H and O–H groups in total. The van der Waals surface area contributed by atoms with E-state index in [1.165, 1.54) is 6.07 Å². The molecule has 0 saturated carbocycles. The summed E-state index contributed by atoms with van der Waals surface area (Å²) in [7, 11) is 0. The van der Waals surface area contributed by atoms with Crippen molar-refractivity contribution in [1.29, 1.82) is 5.26 Å². The van der Waals surface area contributed by atoms with Gasteiger partial charge in [0, 0.05) is 12.3 Å². The molecule has 0 atom stereocenters. The predicted molar refractivity (Wildman–Crippen MR) is 36.7 cm³/mol. The van der Waals surface area contributed by atoms with E-state index >= 15 is 0 Å². The van der Waals surface area contributed by atoms with Crippen LogP contribution in [0, 0.1) is 11.3 Å². The Kier molecular flexibility index (Phi) is 2.19. The third-order valence-electron chi connectivity index (χ3n) is 1.33. The number of aromatic nitrogens is 1. The first kappa shape index (κ1) is 8.40. The summed E-state index contributed by atoms with van der Waals surface area (Å²) in [6, 6.07) is 2.44. The van der Waals surface area contributed by atoms with Crippen molar-refractivity contribution in [1.82, 2.24) is 4.98 Å². The number of pyridine rings is 1. The lowest BCUT2D eigenvalue weighted by Gasteiger charge is -1.98. The molecule has 0 aliphatic rings. The van der Waals surface area contributed by atoms with Crippen molar-refractivity contribution in [3.63, 3.8) is 0 Å². The minimum atomic E-state index is -2.91. The molecule has 1 aromatic heterocycles. The highest BCUT2D eigenvalue weighted by Gasteiger charge is 2.16. The zero-order valence-corrected chi connectivity index (χ0v) is 5.84. The van der Waals surface area contributed by atoms with Gasteiger partial charge in [0.2, 0.25) is 0 Å². The first-order valence-electron chi connectivity index (χ1n) is 3.06. The van der Waals surface area contributed by atoms with Crippen molar-refractivity contribution < 1.29 is 8.78 Å². The van der Waals surface area contributed by atoms with E-state index in [1.807, 2.05) is 0 Å². The smallest absolute Gasteiger partial charge is 0.270 e. The number of aromatic amines is 1. The zero-order chi connectivity index (χ0) is 9.14. The van der Waals surface area contributed by atoms with Crippen molar-refractivity contribution in [3.05, 3.63) is 33.7 Å². The van der Waals surface area contributed by atoms with Gasteiger partial charge in [-0.1, -0.05) is 0 Å². The number of hydrogen-bond acceptors (Lipinski definition) is 2. The van der Waals surface area contributed by atoms with Crippen LogP contribution in [-0.4, -0.2) is 4.98 Å². The van der Waals surface area contributed by atoms with E-state index in [1.54, 1.807) is 0 Å². The van der Waals surface area contributed by atoms with Gasteiger partial charge < -0.3 is 4.98 Å². The lowest BCUT2D eigenvalue weighted by molar-refractivity contribution is 0.149. The Bertz CT molecular complexity index is 378. The molecule has 0 saturated heterocycles. The zero-order valence-electron chi connectivity index (χ0n) is 5.84. The fourth-order valence-electron chi connectivity index (χ4n) is 0.801. The van der Waals surface area contributed by atoms with Gasteiger partial charge in [-0.15, -0.1) is 0 Å². The first-order valence-corrected chi connectivity index (χ1v) is 3.06. The second kappa shape index (κ2) is 3.13. The van der Waals surface area contributed by atoms with Crippen molar-refractivity contribution >= 4 is 0 Å². The lowest BCUT2D eigenvalue weighted by Crippen LogP contribution is -2.11. The fourth-order valence-corrected chi connectivity index (χ4v) is 0.801. The largest absolute Gasteiger partial charge is 0.352 e. The molecule has 0 fully saturated rings. The van der Waals surface area contributed by atoms with Crippen LogP contribution in [0.2, 0.25) is 0 Å². The SMILES string of the molecule is N#Cc1[nH]ccc(=O)c1C(F)F. The highest BCUT2D eigenvalue weighted by molar-refractivity contribution is 5.31. The Morgan fingerprint density at radius 3 is 2.67 bits per heavy atom. The van der Waals surface area contributed by atoms with Gasteiger partial charge in [0.1, 0.15) is 11.8 Å². The van der Waals surface area contributed by atoms with Gasteiger partial charge in [0.05, 0.1) is 5.56 Å². The molecule has 0 amide bonds. The summed E-state index contributed by atoms with van der Waals surface area (Å²) in [6.07, 6.45) is -1.75. The van der Waals surface area contributed by atoms with Crippen LogP contribution < -0.4 is 5.43 Å². The Balaban J connectivity index is 3.43. The first-order chi connectivity index (χ1) is 5.66. The number of halogens is 2. The second-order valence-corrected chi connectivity index (χ2v) is 2.04. The number of nitriles is 1. The average molecular weight is 170 g/mol. The number of nitrogens with zero attached hydrogens (tertiary/aromatic N) is 1. The number of hydrogen-bond donors (Lipinski definition) is 1. The molecule has 62 valence electrons. The molecule has 0 aromatic carbocycles. The maximum Gasteiger partial charge on any atom is 0.270 e. The monoisotopic (exact) mass is 170 g/mol. The minimum absolute atomic E-state index is 0.377. The van der Waals surface area contributed by atoms with Crippen LogP contribution in [0.4, 0.5) is 8.78 Å². The van der Waals surface area contributed by atoms with E-state index in [2.05, 4.69) is 4.98 Å². The number of alkyl halides is 2. The van der Waals surface area contributed by atoms with Crippen LogP contribution in [0.1, 0.15) is 17.7 Å². The van der Waals surface area contributed by atoms with E-state index in [9.17, 15) is 13.6 Å². The highest BCUT2D eigenvalue weighted by atomic mass is 19.3. The summed E-state index contributed by atoms with van der Waals surface area (Å²) >= 11 is 0. The molecule has 0 spiro atoms.